The van der Waals surface area contributed by atoms with Crippen LogP contribution < -0.4 is 5.73 Å². The third-order valence-electron chi connectivity index (χ3n) is 3.36. The molecule has 2 rings (SSSR count). The second-order valence-electron chi connectivity index (χ2n) is 4.63. The third kappa shape index (κ3) is 4.56. The van der Waals surface area contributed by atoms with Crippen LogP contribution in [-0.4, -0.2) is 23.9 Å². The molecule has 1 atom stereocenters. The lowest BCUT2D eigenvalue weighted by molar-refractivity contribution is -0.133. The van der Waals surface area contributed by atoms with Gasteiger partial charge in [0.25, 0.3) is 0 Å². The van der Waals surface area contributed by atoms with Crippen LogP contribution >= 0.6 is 23.7 Å². The molecule has 1 aromatic carbocycles. The Bertz CT molecular complexity index is 530. The lowest BCUT2D eigenvalue weighted by Crippen LogP contribution is -2.37. The van der Waals surface area contributed by atoms with Gasteiger partial charge in [0, 0.05) is 18.0 Å². The van der Waals surface area contributed by atoms with E-state index in [1.54, 1.807) is 11.3 Å². The van der Waals surface area contributed by atoms with Gasteiger partial charge in [-0.05, 0) is 23.9 Å². The number of thiophene rings is 1. The monoisotopic (exact) mass is 324 g/mol. The number of amides is 1. The second-order valence-corrected chi connectivity index (χ2v) is 5.66. The molecule has 1 amide bonds. The third-order valence-corrected chi connectivity index (χ3v) is 4.22. The average molecular weight is 325 g/mol. The fourth-order valence-electron chi connectivity index (χ4n) is 2.22. The zero-order valence-electron chi connectivity index (χ0n) is 12.1. The lowest BCUT2D eigenvalue weighted by atomic mass is 9.97. The SMILES string of the molecule is CCN(Cc1cccs1)C(=O)C(CN)c1ccccc1.Cl. The van der Waals surface area contributed by atoms with Gasteiger partial charge in [-0.1, -0.05) is 36.4 Å². The fourth-order valence-corrected chi connectivity index (χ4v) is 2.94. The summed E-state index contributed by atoms with van der Waals surface area (Å²) in [6.45, 7) is 3.70. The van der Waals surface area contributed by atoms with Gasteiger partial charge in [0.05, 0.1) is 12.5 Å². The Balaban J connectivity index is 0.00000220. The molecule has 5 heteroatoms. The molecule has 1 aromatic heterocycles. The van der Waals surface area contributed by atoms with Crippen molar-refractivity contribution in [1.29, 1.82) is 0 Å². The van der Waals surface area contributed by atoms with Crippen LogP contribution in [0.15, 0.2) is 47.8 Å². The summed E-state index contributed by atoms with van der Waals surface area (Å²) in [6.07, 6.45) is 0. The van der Waals surface area contributed by atoms with Crippen molar-refractivity contribution in [3.63, 3.8) is 0 Å². The topological polar surface area (TPSA) is 46.3 Å². The molecule has 21 heavy (non-hydrogen) atoms. The van der Waals surface area contributed by atoms with Crippen molar-refractivity contribution in [1.82, 2.24) is 4.90 Å². The highest BCUT2D eigenvalue weighted by molar-refractivity contribution is 7.09. The number of carbonyl (C=O) groups excluding carboxylic acids is 1. The van der Waals surface area contributed by atoms with E-state index >= 15 is 0 Å². The summed E-state index contributed by atoms with van der Waals surface area (Å²) in [4.78, 5) is 15.8. The molecule has 1 heterocycles. The zero-order chi connectivity index (χ0) is 14.4. The van der Waals surface area contributed by atoms with E-state index in [1.807, 2.05) is 53.6 Å². The molecule has 2 N–H and O–H groups in total. The highest BCUT2D eigenvalue weighted by Crippen LogP contribution is 2.20. The summed E-state index contributed by atoms with van der Waals surface area (Å²) < 4.78 is 0. The highest BCUT2D eigenvalue weighted by atomic mass is 35.5. The minimum atomic E-state index is -0.254. The van der Waals surface area contributed by atoms with Gasteiger partial charge >= 0.3 is 0 Å². The van der Waals surface area contributed by atoms with Gasteiger partial charge in [-0.15, -0.1) is 23.7 Å². The van der Waals surface area contributed by atoms with Crippen LogP contribution in [0.4, 0.5) is 0 Å². The Hall–Kier alpha value is -1.36. The number of halogens is 1. The van der Waals surface area contributed by atoms with Crippen LogP contribution in [0.3, 0.4) is 0 Å². The van der Waals surface area contributed by atoms with E-state index in [4.69, 9.17) is 5.73 Å². The molecule has 0 saturated heterocycles. The first-order valence-corrected chi connectivity index (χ1v) is 7.70. The highest BCUT2D eigenvalue weighted by Gasteiger charge is 2.23. The summed E-state index contributed by atoms with van der Waals surface area (Å²) >= 11 is 1.67. The molecule has 0 spiro atoms. The number of likely N-dealkylation sites (N-methyl/N-ethyl adjacent to an activating group) is 1. The molecule has 0 saturated carbocycles. The Labute approximate surface area is 136 Å². The van der Waals surface area contributed by atoms with Crippen LogP contribution in [0.1, 0.15) is 23.3 Å². The summed E-state index contributed by atoms with van der Waals surface area (Å²) in [5.41, 5.74) is 6.82. The maximum Gasteiger partial charge on any atom is 0.231 e. The first-order valence-electron chi connectivity index (χ1n) is 6.82. The number of hydrogen-bond donors (Lipinski definition) is 1. The number of rotatable bonds is 6. The normalized spacial score (nSPS) is 11.5. The van der Waals surface area contributed by atoms with Crippen molar-refractivity contribution >= 4 is 29.7 Å². The average Bonchev–Trinajstić information content (AvgIpc) is 2.99. The minimum absolute atomic E-state index is 0. The molecule has 0 bridgehead atoms. The fraction of sp³-hybridized carbons (Fsp3) is 0.312. The van der Waals surface area contributed by atoms with Gasteiger partial charge in [-0.3, -0.25) is 4.79 Å². The Kier molecular flexibility index (Phi) is 7.43. The maximum absolute atomic E-state index is 12.7. The molecule has 0 fully saturated rings. The molecule has 0 aliphatic carbocycles. The summed E-state index contributed by atoms with van der Waals surface area (Å²) in [5.74, 6) is -0.147. The molecule has 0 aliphatic heterocycles. The van der Waals surface area contributed by atoms with Gasteiger partial charge in [0.1, 0.15) is 0 Å². The molecule has 0 aliphatic rings. The van der Waals surface area contributed by atoms with Crippen molar-refractivity contribution < 1.29 is 4.79 Å². The van der Waals surface area contributed by atoms with Crippen LogP contribution in [0, 0.1) is 0 Å². The molecule has 2 aromatic rings. The number of nitrogens with zero attached hydrogens (tertiary/aromatic N) is 1. The number of carbonyl (C=O) groups is 1. The van der Waals surface area contributed by atoms with Crippen molar-refractivity contribution in [3.8, 4) is 0 Å². The van der Waals surface area contributed by atoms with E-state index in [2.05, 4.69) is 6.07 Å². The van der Waals surface area contributed by atoms with Gasteiger partial charge in [0.2, 0.25) is 5.91 Å². The van der Waals surface area contributed by atoms with Crippen molar-refractivity contribution in [3.05, 3.63) is 58.3 Å². The van der Waals surface area contributed by atoms with E-state index in [1.165, 1.54) is 4.88 Å². The van der Waals surface area contributed by atoms with Crippen LogP contribution in [0.2, 0.25) is 0 Å². The van der Waals surface area contributed by atoms with E-state index in [0.717, 1.165) is 5.56 Å². The quantitative estimate of drug-likeness (QED) is 0.886. The van der Waals surface area contributed by atoms with Crippen LogP contribution in [0.25, 0.3) is 0 Å². The summed E-state index contributed by atoms with van der Waals surface area (Å²) in [7, 11) is 0. The molecular weight excluding hydrogens is 304 g/mol. The standard InChI is InChI=1S/C16H20N2OS.ClH/c1-2-18(12-14-9-6-10-20-14)16(19)15(11-17)13-7-4-3-5-8-13;/h3-10,15H,2,11-12,17H2,1H3;1H. The van der Waals surface area contributed by atoms with Crippen molar-refractivity contribution in [2.24, 2.45) is 5.73 Å². The summed E-state index contributed by atoms with van der Waals surface area (Å²) in [6, 6.07) is 13.8. The van der Waals surface area contributed by atoms with Gasteiger partial charge in [0.15, 0.2) is 0 Å². The molecule has 114 valence electrons. The number of hydrogen-bond acceptors (Lipinski definition) is 3. The number of nitrogens with two attached hydrogens (primary N) is 1. The minimum Gasteiger partial charge on any atom is -0.337 e. The molecule has 1 unspecified atom stereocenters. The summed E-state index contributed by atoms with van der Waals surface area (Å²) in [5, 5.41) is 2.03. The smallest absolute Gasteiger partial charge is 0.231 e. The zero-order valence-corrected chi connectivity index (χ0v) is 13.7. The Morgan fingerprint density at radius 3 is 2.48 bits per heavy atom. The second kappa shape index (κ2) is 8.82. The number of benzene rings is 1. The Morgan fingerprint density at radius 2 is 1.95 bits per heavy atom. The van der Waals surface area contributed by atoms with Gasteiger partial charge < -0.3 is 10.6 Å². The van der Waals surface area contributed by atoms with Crippen molar-refractivity contribution in [2.45, 2.75) is 19.4 Å². The van der Waals surface area contributed by atoms with Gasteiger partial charge in [-0.25, -0.2) is 0 Å². The van der Waals surface area contributed by atoms with E-state index in [-0.39, 0.29) is 24.2 Å². The van der Waals surface area contributed by atoms with Crippen molar-refractivity contribution in [2.75, 3.05) is 13.1 Å². The Morgan fingerprint density at radius 1 is 1.24 bits per heavy atom. The molecule has 3 nitrogen and oxygen atoms in total. The molecule has 0 radical (unpaired) electrons. The largest absolute Gasteiger partial charge is 0.337 e. The van der Waals surface area contributed by atoms with E-state index in [9.17, 15) is 4.79 Å². The van der Waals surface area contributed by atoms with E-state index < -0.39 is 0 Å². The predicted molar refractivity (Wildman–Crippen MR) is 90.9 cm³/mol. The van der Waals surface area contributed by atoms with Crippen LogP contribution in [0.5, 0.6) is 0 Å². The first-order chi connectivity index (χ1) is 9.76. The molecular formula is C16H21ClN2OS. The van der Waals surface area contributed by atoms with E-state index in [0.29, 0.717) is 19.6 Å². The lowest BCUT2D eigenvalue weighted by Gasteiger charge is -2.25. The maximum atomic E-state index is 12.7. The van der Waals surface area contributed by atoms with Gasteiger partial charge in [-0.2, -0.15) is 0 Å². The predicted octanol–water partition coefficient (Wildman–Crippen LogP) is 3.26. The first kappa shape index (κ1) is 17.7. The van der Waals surface area contributed by atoms with Crippen LogP contribution in [-0.2, 0) is 11.3 Å².